The first-order valence-electron chi connectivity index (χ1n) is 6.40. The molecule has 102 valence electrons. The van der Waals surface area contributed by atoms with Gasteiger partial charge in [0.25, 0.3) is 0 Å². The van der Waals surface area contributed by atoms with Crippen LogP contribution < -0.4 is 0 Å². The monoisotopic (exact) mass is 271 g/mol. The molecule has 0 aliphatic heterocycles. The number of hydrogen-bond donors (Lipinski definition) is 0. The van der Waals surface area contributed by atoms with Crippen molar-refractivity contribution in [2.45, 2.75) is 39.3 Å². The lowest BCUT2D eigenvalue weighted by atomic mass is 10.1. The molecule has 1 aromatic heterocycles. The molecule has 0 atom stereocenters. The van der Waals surface area contributed by atoms with E-state index >= 15 is 0 Å². The Morgan fingerprint density at radius 1 is 1.28 bits per heavy atom. The van der Waals surface area contributed by atoms with E-state index in [0.717, 1.165) is 38.2 Å². The van der Waals surface area contributed by atoms with Gasteiger partial charge < -0.3 is 4.74 Å². The lowest BCUT2D eigenvalue weighted by Crippen LogP contribution is -2.36. The fourth-order valence-corrected chi connectivity index (χ4v) is 2.13. The largest absolute Gasteiger partial charge is 0.383 e. The standard InChI is InChI=1S/C13H22ClN3O/c1-4-12(5-2)17(6-7-18-3)10-11-8-16-13(14)9-15-11/h8-9,12H,4-7,10H2,1-3H3. The van der Waals surface area contributed by atoms with Crippen LogP contribution in [0.1, 0.15) is 32.4 Å². The smallest absolute Gasteiger partial charge is 0.147 e. The molecular weight excluding hydrogens is 250 g/mol. The predicted molar refractivity (Wildman–Crippen MR) is 73.7 cm³/mol. The third-order valence-electron chi connectivity index (χ3n) is 3.08. The number of aromatic nitrogens is 2. The zero-order valence-corrected chi connectivity index (χ0v) is 12.2. The van der Waals surface area contributed by atoms with Crippen molar-refractivity contribution < 1.29 is 4.74 Å². The van der Waals surface area contributed by atoms with Crippen LogP contribution in [-0.2, 0) is 11.3 Å². The quantitative estimate of drug-likeness (QED) is 0.729. The molecule has 0 spiro atoms. The predicted octanol–water partition coefficient (Wildman–Crippen LogP) is 2.77. The summed E-state index contributed by atoms with van der Waals surface area (Å²) in [4.78, 5) is 10.8. The molecule has 1 rings (SSSR count). The number of nitrogens with zero attached hydrogens (tertiary/aromatic N) is 3. The highest BCUT2D eigenvalue weighted by Gasteiger charge is 2.15. The Hall–Kier alpha value is -0.710. The van der Waals surface area contributed by atoms with Crippen molar-refractivity contribution in [3.8, 4) is 0 Å². The molecule has 0 saturated carbocycles. The second-order valence-electron chi connectivity index (χ2n) is 4.26. The highest BCUT2D eigenvalue weighted by atomic mass is 35.5. The number of halogens is 1. The van der Waals surface area contributed by atoms with Gasteiger partial charge in [0, 0.05) is 26.2 Å². The molecule has 18 heavy (non-hydrogen) atoms. The third kappa shape index (κ3) is 4.88. The molecule has 5 heteroatoms. The van der Waals surface area contributed by atoms with E-state index in [2.05, 4.69) is 28.7 Å². The van der Waals surface area contributed by atoms with Gasteiger partial charge in [-0.2, -0.15) is 0 Å². The Kier molecular flexibility index (Phi) is 7.16. The van der Waals surface area contributed by atoms with E-state index in [1.165, 1.54) is 0 Å². The van der Waals surface area contributed by atoms with Crippen LogP contribution in [0.5, 0.6) is 0 Å². The maximum Gasteiger partial charge on any atom is 0.147 e. The summed E-state index contributed by atoms with van der Waals surface area (Å²) in [6.45, 7) is 6.85. The van der Waals surface area contributed by atoms with E-state index in [4.69, 9.17) is 16.3 Å². The molecule has 0 fully saturated rings. The first-order chi connectivity index (χ1) is 8.71. The van der Waals surface area contributed by atoms with E-state index in [1.807, 2.05) is 0 Å². The summed E-state index contributed by atoms with van der Waals surface area (Å²) >= 11 is 5.74. The van der Waals surface area contributed by atoms with Crippen molar-refractivity contribution in [2.75, 3.05) is 20.3 Å². The van der Waals surface area contributed by atoms with Crippen molar-refractivity contribution in [3.63, 3.8) is 0 Å². The van der Waals surface area contributed by atoms with Crippen LogP contribution >= 0.6 is 11.6 Å². The molecule has 4 nitrogen and oxygen atoms in total. The van der Waals surface area contributed by atoms with Crippen LogP contribution in [0.25, 0.3) is 0 Å². The van der Waals surface area contributed by atoms with E-state index < -0.39 is 0 Å². The molecule has 1 heterocycles. The van der Waals surface area contributed by atoms with Crippen LogP contribution in [0.4, 0.5) is 0 Å². The highest BCUT2D eigenvalue weighted by molar-refractivity contribution is 6.29. The van der Waals surface area contributed by atoms with E-state index in [0.29, 0.717) is 11.2 Å². The fourth-order valence-electron chi connectivity index (χ4n) is 2.03. The Balaban J connectivity index is 2.67. The Labute approximate surface area is 114 Å². The minimum atomic E-state index is 0.435. The van der Waals surface area contributed by atoms with Crippen LogP contribution in [0, 0.1) is 0 Å². The molecule has 0 aromatic carbocycles. The van der Waals surface area contributed by atoms with Crippen molar-refractivity contribution in [3.05, 3.63) is 23.2 Å². The van der Waals surface area contributed by atoms with Gasteiger partial charge in [0.15, 0.2) is 0 Å². The van der Waals surface area contributed by atoms with Crippen LogP contribution in [0.3, 0.4) is 0 Å². The minimum absolute atomic E-state index is 0.435. The van der Waals surface area contributed by atoms with Gasteiger partial charge in [-0.25, -0.2) is 4.98 Å². The highest BCUT2D eigenvalue weighted by Crippen LogP contribution is 2.12. The Morgan fingerprint density at radius 2 is 2.00 bits per heavy atom. The normalized spacial score (nSPS) is 11.4. The third-order valence-corrected chi connectivity index (χ3v) is 3.28. The summed E-state index contributed by atoms with van der Waals surface area (Å²) < 4.78 is 5.17. The van der Waals surface area contributed by atoms with E-state index in [1.54, 1.807) is 19.5 Å². The molecule has 0 saturated heterocycles. The van der Waals surface area contributed by atoms with Gasteiger partial charge in [-0.05, 0) is 12.8 Å². The van der Waals surface area contributed by atoms with Crippen LogP contribution in [-0.4, -0.2) is 41.2 Å². The summed E-state index contributed by atoms with van der Waals surface area (Å²) in [5, 5.41) is 0.435. The van der Waals surface area contributed by atoms with Gasteiger partial charge in [-0.3, -0.25) is 9.88 Å². The Morgan fingerprint density at radius 3 is 2.50 bits per heavy atom. The Bertz CT molecular complexity index is 328. The zero-order valence-electron chi connectivity index (χ0n) is 11.4. The molecule has 0 bridgehead atoms. The average Bonchev–Trinajstić information content (AvgIpc) is 2.39. The van der Waals surface area contributed by atoms with Crippen molar-refractivity contribution in [1.82, 2.24) is 14.9 Å². The van der Waals surface area contributed by atoms with Gasteiger partial charge in [0.1, 0.15) is 5.15 Å². The summed E-state index contributed by atoms with van der Waals surface area (Å²) in [6.07, 6.45) is 5.59. The fraction of sp³-hybridized carbons (Fsp3) is 0.692. The van der Waals surface area contributed by atoms with E-state index in [-0.39, 0.29) is 0 Å². The first-order valence-corrected chi connectivity index (χ1v) is 6.78. The summed E-state index contributed by atoms with van der Waals surface area (Å²) in [5.74, 6) is 0. The van der Waals surface area contributed by atoms with Crippen molar-refractivity contribution in [2.24, 2.45) is 0 Å². The van der Waals surface area contributed by atoms with Crippen LogP contribution in [0.2, 0.25) is 5.15 Å². The van der Waals surface area contributed by atoms with Gasteiger partial charge in [0.2, 0.25) is 0 Å². The molecule has 0 N–H and O–H groups in total. The number of methoxy groups -OCH3 is 1. The van der Waals surface area contributed by atoms with Crippen LogP contribution in [0.15, 0.2) is 12.4 Å². The second-order valence-corrected chi connectivity index (χ2v) is 4.65. The second kappa shape index (κ2) is 8.40. The zero-order chi connectivity index (χ0) is 13.4. The molecular formula is C13H22ClN3O. The van der Waals surface area contributed by atoms with Gasteiger partial charge >= 0.3 is 0 Å². The van der Waals surface area contributed by atoms with E-state index in [9.17, 15) is 0 Å². The number of hydrogen-bond acceptors (Lipinski definition) is 4. The topological polar surface area (TPSA) is 38.2 Å². The lowest BCUT2D eigenvalue weighted by Gasteiger charge is -2.29. The molecule has 0 aliphatic carbocycles. The molecule has 1 aromatic rings. The lowest BCUT2D eigenvalue weighted by molar-refractivity contribution is 0.109. The van der Waals surface area contributed by atoms with Gasteiger partial charge in [0.05, 0.1) is 24.7 Å². The molecule has 0 radical (unpaired) electrons. The summed E-state index contributed by atoms with van der Waals surface area (Å²) in [5.41, 5.74) is 0.947. The van der Waals surface area contributed by atoms with Gasteiger partial charge in [-0.1, -0.05) is 25.4 Å². The maximum atomic E-state index is 5.74. The van der Waals surface area contributed by atoms with Gasteiger partial charge in [-0.15, -0.1) is 0 Å². The van der Waals surface area contributed by atoms with Crippen molar-refractivity contribution in [1.29, 1.82) is 0 Å². The maximum absolute atomic E-state index is 5.74. The SMILES string of the molecule is CCC(CC)N(CCOC)Cc1cnc(Cl)cn1. The number of rotatable bonds is 8. The van der Waals surface area contributed by atoms with Crippen molar-refractivity contribution >= 4 is 11.6 Å². The average molecular weight is 272 g/mol. The molecule has 0 amide bonds. The minimum Gasteiger partial charge on any atom is -0.383 e. The first kappa shape index (κ1) is 15.3. The molecule has 0 aliphatic rings. The molecule has 0 unspecified atom stereocenters. The number of ether oxygens (including phenoxy) is 1. The summed E-state index contributed by atoms with van der Waals surface area (Å²) in [7, 11) is 1.73. The summed E-state index contributed by atoms with van der Waals surface area (Å²) in [6, 6.07) is 0.553.